The van der Waals surface area contributed by atoms with Gasteiger partial charge in [0.05, 0.1) is 0 Å². The van der Waals surface area contributed by atoms with Crippen LogP contribution < -0.4 is 5.32 Å². The van der Waals surface area contributed by atoms with Crippen molar-refractivity contribution in [2.75, 3.05) is 32.7 Å². The number of carbonyl (C=O) groups excluding carboxylic acids is 2. The van der Waals surface area contributed by atoms with Crippen LogP contribution >= 0.6 is 11.6 Å². The Morgan fingerprint density at radius 1 is 1.32 bits per heavy atom. The third-order valence-electron chi connectivity index (χ3n) is 7.38. The van der Waals surface area contributed by atoms with E-state index in [4.69, 9.17) is 11.6 Å². The first kappa shape index (κ1) is 24.3. The van der Waals surface area contributed by atoms with E-state index in [9.17, 15) is 9.59 Å². The Bertz CT molecular complexity index is 716. The molecule has 0 radical (unpaired) electrons. The van der Waals surface area contributed by atoms with Crippen molar-refractivity contribution in [1.82, 2.24) is 15.1 Å². The predicted molar refractivity (Wildman–Crippen MR) is 127 cm³/mol. The highest BCUT2D eigenvalue weighted by Gasteiger charge is 2.40. The predicted octanol–water partition coefficient (Wildman–Crippen LogP) is 4.19. The molecule has 2 saturated heterocycles. The van der Waals surface area contributed by atoms with Crippen molar-refractivity contribution < 1.29 is 9.59 Å². The molecule has 0 aromatic rings. The fourth-order valence-corrected chi connectivity index (χ4v) is 5.66. The molecule has 6 heteroatoms. The van der Waals surface area contributed by atoms with E-state index in [0.29, 0.717) is 37.1 Å². The SMILES string of the molecule is CC(C)[C@H](CN1CC[C@H](C2C=CC(Cl)=CC2)C(C)(C)C1)NC(=O)CCN1CCCC1=O. The van der Waals surface area contributed by atoms with Gasteiger partial charge in [-0.2, -0.15) is 0 Å². The zero-order valence-electron chi connectivity index (χ0n) is 19.7. The summed E-state index contributed by atoms with van der Waals surface area (Å²) in [4.78, 5) is 28.7. The van der Waals surface area contributed by atoms with Crippen LogP contribution in [0.15, 0.2) is 23.3 Å². The maximum absolute atomic E-state index is 12.6. The monoisotopic (exact) mass is 449 g/mol. The number of hydrogen-bond acceptors (Lipinski definition) is 3. The summed E-state index contributed by atoms with van der Waals surface area (Å²) in [5.41, 5.74) is 0.215. The highest BCUT2D eigenvalue weighted by Crippen LogP contribution is 2.43. The first-order valence-electron chi connectivity index (χ1n) is 12.0. The number of nitrogens with one attached hydrogen (secondary N) is 1. The van der Waals surface area contributed by atoms with Crippen LogP contribution in [0.5, 0.6) is 0 Å². The fourth-order valence-electron chi connectivity index (χ4n) is 5.50. The molecule has 3 rings (SSSR count). The molecule has 2 amide bonds. The van der Waals surface area contributed by atoms with Crippen molar-refractivity contribution in [3.8, 4) is 0 Å². The van der Waals surface area contributed by atoms with Crippen molar-refractivity contribution in [2.45, 2.75) is 65.8 Å². The molecular formula is C25H40ClN3O2. The Labute approximate surface area is 193 Å². The number of allylic oxidation sites excluding steroid dienone is 4. The van der Waals surface area contributed by atoms with E-state index in [1.807, 2.05) is 4.90 Å². The van der Waals surface area contributed by atoms with Gasteiger partial charge in [-0.1, -0.05) is 51.4 Å². The fraction of sp³-hybridized carbons (Fsp3) is 0.760. The number of halogens is 1. The first-order valence-corrected chi connectivity index (χ1v) is 12.4. The Kier molecular flexibility index (Phi) is 8.25. The molecule has 0 aromatic carbocycles. The van der Waals surface area contributed by atoms with Gasteiger partial charge in [0.1, 0.15) is 0 Å². The third kappa shape index (κ3) is 6.58. The van der Waals surface area contributed by atoms with Crippen molar-refractivity contribution in [2.24, 2.45) is 23.2 Å². The summed E-state index contributed by atoms with van der Waals surface area (Å²) in [7, 11) is 0. The van der Waals surface area contributed by atoms with E-state index < -0.39 is 0 Å². The zero-order valence-corrected chi connectivity index (χ0v) is 20.5. The van der Waals surface area contributed by atoms with Crippen molar-refractivity contribution in [3.63, 3.8) is 0 Å². The minimum absolute atomic E-state index is 0.0588. The number of likely N-dealkylation sites (tertiary alicyclic amines) is 2. The number of carbonyl (C=O) groups is 2. The van der Waals surface area contributed by atoms with Gasteiger partial charge in [0.15, 0.2) is 0 Å². The van der Waals surface area contributed by atoms with Crippen molar-refractivity contribution in [1.29, 1.82) is 0 Å². The lowest BCUT2D eigenvalue weighted by Gasteiger charge is -2.48. The van der Waals surface area contributed by atoms with Crippen LogP contribution in [0.3, 0.4) is 0 Å². The van der Waals surface area contributed by atoms with Gasteiger partial charge in [0, 0.05) is 50.1 Å². The van der Waals surface area contributed by atoms with Crippen LogP contribution in [0, 0.1) is 23.2 Å². The largest absolute Gasteiger partial charge is 0.352 e. The maximum atomic E-state index is 12.6. The minimum Gasteiger partial charge on any atom is -0.352 e. The van der Waals surface area contributed by atoms with Gasteiger partial charge in [0.2, 0.25) is 11.8 Å². The van der Waals surface area contributed by atoms with Gasteiger partial charge in [0.25, 0.3) is 0 Å². The second-order valence-electron chi connectivity index (χ2n) is 10.6. The van der Waals surface area contributed by atoms with E-state index >= 15 is 0 Å². The van der Waals surface area contributed by atoms with Gasteiger partial charge in [-0.15, -0.1) is 0 Å². The number of rotatable bonds is 8. The summed E-state index contributed by atoms with van der Waals surface area (Å²) in [6, 6.07) is 0.130. The molecule has 0 saturated carbocycles. The molecule has 174 valence electrons. The van der Waals surface area contributed by atoms with E-state index in [2.05, 4.69) is 56.1 Å². The minimum atomic E-state index is 0.0588. The molecule has 1 N–H and O–H groups in total. The van der Waals surface area contributed by atoms with E-state index in [-0.39, 0.29) is 23.3 Å². The Morgan fingerprint density at radius 2 is 2.10 bits per heavy atom. The highest BCUT2D eigenvalue weighted by atomic mass is 35.5. The van der Waals surface area contributed by atoms with Gasteiger partial charge < -0.3 is 15.1 Å². The third-order valence-corrected chi connectivity index (χ3v) is 7.66. The van der Waals surface area contributed by atoms with Crippen LogP contribution in [0.1, 0.15) is 59.8 Å². The lowest BCUT2D eigenvalue weighted by atomic mass is 9.66. The Balaban J connectivity index is 1.50. The molecule has 2 heterocycles. The second-order valence-corrected chi connectivity index (χ2v) is 11.1. The summed E-state index contributed by atoms with van der Waals surface area (Å²) < 4.78 is 0. The second kappa shape index (κ2) is 10.5. The van der Waals surface area contributed by atoms with E-state index in [1.54, 1.807) is 0 Å². The van der Waals surface area contributed by atoms with Gasteiger partial charge >= 0.3 is 0 Å². The highest BCUT2D eigenvalue weighted by molar-refractivity contribution is 6.31. The molecule has 5 nitrogen and oxygen atoms in total. The number of nitrogens with zero attached hydrogens (tertiary/aromatic N) is 2. The molecule has 3 aliphatic rings. The lowest BCUT2D eigenvalue weighted by molar-refractivity contribution is -0.128. The molecular weight excluding hydrogens is 410 g/mol. The molecule has 2 aliphatic heterocycles. The van der Waals surface area contributed by atoms with Crippen LogP contribution in [-0.2, 0) is 9.59 Å². The van der Waals surface area contributed by atoms with Crippen molar-refractivity contribution in [3.05, 3.63) is 23.3 Å². The molecule has 3 atom stereocenters. The molecule has 1 unspecified atom stereocenters. The number of hydrogen-bond donors (Lipinski definition) is 1. The number of amides is 2. The summed E-state index contributed by atoms with van der Waals surface area (Å²) >= 11 is 6.12. The Hall–Kier alpha value is -1.33. The van der Waals surface area contributed by atoms with E-state index in [1.165, 1.54) is 6.42 Å². The molecule has 31 heavy (non-hydrogen) atoms. The molecule has 0 spiro atoms. The maximum Gasteiger partial charge on any atom is 0.222 e. The van der Waals surface area contributed by atoms with Crippen LogP contribution in [0.4, 0.5) is 0 Å². The van der Waals surface area contributed by atoms with Crippen LogP contribution in [0.2, 0.25) is 0 Å². The average Bonchev–Trinajstić information content (AvgIpc) is 3.11. The van der Waals surface area contributed by atoms with E-state index in [0.717, 1.165) is 44.1 Å². The van der Waals surface area contributed by atoms with Gasteiger partial charge in [-0.25, -0.2) is 0 Å². The smallest absolute Gasteiger partial charge is 0.222 e. The zero-order chi connectivity index (χ0) is 22.6. The summed E-state index contributed by atoms with van der Waals surface area (Å²) in [6.07, 6.45) is 10.6. The summed E-state index contributed by atoms with van der Waals surface area (Å²) in [5.74, 6) is 1.82. The number of piperidine rings is 1. The summed E-state index contributed by atoms with van der Waals surface area (Å²) in [5, 5.41) is 4.11. The average molecular weight is 450 g/mol. The first-order chi connectivity index (χ1) is 14.7. The molecule has 2 fully saturated rings. The lowest BCUT2D eigenvalue weighted by Crippen LogP contribution is -2.53. The van der Waals surface area contributed by atoms with Crippen LogP contribution in [-0.4, -0.2) is 60.4 Å². The summed E-state index contributed by atoms with van der Waals surface area (Å²) in [6.45, 7) is 13.4. The quantitative estimate of drug-likeness (QED) is 0.604. The van der Waals surface area contributed by atoms with Gasteiger partial charge in [-0.05, 0) is 55.1 Å². The molecule has 0 aromatic heterocycles. The molecule has 1 aliphatic carbocycles. The van der Waals surface area contributed by atoms with Crippen molar-refractivity contribution >= 4 is 23.4 Å². The topological polar surface area (TPSA) is 52.7 Å². The Morgan fingerprint density at radius 3 is 2.68 bits per heavy atom. The normalized spacial score (nSPS) is 27.5. The molecule has 0 bridgehead atoms. The van der Waals surface area contributed by atoms with Gasteiger partial charge in [-0.3, -0.25) is 9.59 Å². The standard InChI is InChI=1S/C25H40ClN3O2/c1-18(2)22(27-23(30)12-15-29-13-5-6-24(29)31)16-28-14-11-21(25(3,4)17-28)19-7-9-20(26)10-8-19/h7,9-10,18-19,21-22H,5-6,8,11-17H2,1-4H3,(H,27,30)/t19?,21-,22+/m1/s1. The van der Waals surface area contributed by atoms with Crippen LogP contribution in [0.25, 0.3) is 0 Å².